The molecule has 0 spiro atoms. The van der Waals surface area contributed by atoms with E-state index >= 15 is 0 Å². The lowest BCUT2D eigenvalue weighted by atomic mass is 10.2. The molecule has 0 unspecified atom stereocenters. The Morgan fingerprint density at radius 2 is 1.96 bits per heavy atom. The van der Waals surface area contributed by atoms with Crippen LogP contribution in [0.3, 0.4) is 0 Å². The van der Waals surface area contributed by atoms with E-state index in [0.717, 1.165) is 0 Å². The quantitative estimate of drug-likeness (QED) is 0.469. The number of carbonyl (C=O) groups excluding carboxylic acids is 1. The third kappa shape index (κ3) is 4.85. The highest BCUT2D eigenvalue weighted by atomic mass is 35.5. The van der Waals surface area contributed by atoms with Crippen molar-refractivity contribution in [3.05, 3.63) is 74.9 Å². The fourth-order valence-corrected chi connectivity index (χ4v) is 3.38. The Morgan fingerprint density at radius 1 is 1.18 bits per heavy atom. The predicted octanol–water partition coefficient (Wildman–Crippen LogP) is 6.03. The third-order valence-corrected chi connectivity index (χ3v) is 5.09. The third-order valence-electron chi connectivity index (χ3n) is 4.19. The number of amides is 1. The number of rotatable bonds is 6. The van der Waals surface area contributed by atoms with Gasteiger partial charge in [0.2, 0.25) is 5.91 Å². The van der Waals surface area contributed by atoms with Gasteiger partial charge in [-0.05, 0) is 30.3 Å². The van der Waals surface area contributed by atoms with Gasteiger partial charge in [0, 0.05) is 47.6 Å². The minimum Gasteiger partial charge on any atom is -0.441 e. The Kier molecular flexibility index (Phi) is 6.60. The molecule has 1 heterocycles. The number of oxazole rings is 1. The standard InChI is InChI=1S/C20H16Cl3FN2O2/c1-26(11-14-15(22)3-2-4-17(14)24)20(27)8-7-19-25-10-18(28-19)13-6-5-12(21)9-16(13)23/h2-6,9-10H,7-8,11H2,1H3. The first-order valence-electron chi connectivity index (χ1n) is 8.42. The lowest BCUT2D eigenvalue weighted by Crippen LogP contribution is -2.27. The van der Waals surface area contributed by atoms with Gasteiger partial charge in [-0.15, -0.1) is 0 Å². The van der Waals surface area contributed by atoms with Gasteiger partial charge in [0.25, 0.3) is 0 Å². The van der Waals surface area contributed by atoms with Crippen LogP contribution in [0, 0.1) is 5.82 Å². The monoisotopic (exact) mass is 440 g/mol. The molecule has 0 fully saturated rings. The molecule has 0 saturated carbocycles. The summed E-state index contributed by atoms with van der Waals surface area (Å²) in [6.07, 6.45) is 2.02. The zero-order valence-electron chi connectivity index (χ0n) is 14.9. The van der Waals surface area contributed by atoms with Crippen LogP contribution in [0.2, 0.25) is 15.1 Å². The second kappa shape index (κ2) is 8.95. The van der Waals surface area contributed by atoms with Gasteiger partial charge < -0.3 is 9.32 Å². The average Bonchev–Trinajstić information content (AvgIpc) is 3.11. The van der Waals surface area contributed by atoms with Gasteiger partial charge in [-0.1, -0.05) is 40.9 Å². The molecule has 0 aliphatic rings. The number of halogens is 4. The largest absolute Gasteiger partial charge is 0.441 e. The summed E-state index contributed by atoms with van der Waals surface area (Å²) in [5.74, 6) is 0.287. The van der Waals surface area contributed by atoms with E-state index in [1.165, 1.54) is 17.0 Å². The van der Waals surface area contributed by atoms with Crippen molar-refractivity contribution in [3.8, 4) is 11.3 Å². The Labute approximate surface area is 176 Å². The molecule has 8 heteroatoms. The molecule has 0 atom stereocenters. The number of benzene rings is 2. The Morgan fingerprint density at radius 3 is 2.68 bits per heavy atom. The van der Waals surface area contributed by atoms with Crippen LogP contribution in [-0.4, -0.2) is 22.8 Å². The van der Waals surface area contributed by atoms with Crippen molar-refractivity contribution >= 4 is 40.7 Å². The van der Waals surface area contributed by atoms with Crippen molar-refractivity contribution in [3.63, 3.8) is 0 Å². The molecule has 3 rings (SSSR count). The number of hydrogen-bond acceptors (Lipinski definition) is 3. The zero-order chi connectivity index (χ0) is 20.3. The number of aromatic nitrogens is 1. The highest BCUT2D eigenvalue weighted by Crippen LogP contribution is 2.31. The minimum absolute atomic E-state index is 0.0849. The maximum absolute atomic E-state index is 13.9. The fraction of sp³-hybridized carbons (Fsp3) is 0.200. The van der Waals surface area contributed by atoms with E-state index in [1.807, 2.05) is 0 Å². The second-order valence-electron chi connectivity index (χ2n) is 6.19. The molecule has 0 radical (unpaired) electrons. The molecule has 28 heavy (non-hydrogen) atoms. The van der Waals surface area contributed by atoms with Gasteiger partial charge >= 0.3 is 0 Å². The van der Waals surface area contributed by atoms with Gasteiger partial charge in [0.15, 0.2) is 11.7 Å². The smallest absolute Gasteiger partial charge is 0.223 e. The summed E-state index contributed by atoms with van der Waals surface area (Å²) in [5.41, 5.74) is 0.957. The highest BCUT2D eigenvalue weighted by molar-refractivity contribution is 6.36. The maximum Gasteiger partial charge on any atom is 0.223 e. The molecule has 1 aromatic heterocycles. The Hall–Kier alpha value is -2.08. The number of carbonyl (C=O) groups is 1. The van der Waals surface area contributed by atoms with Crippen molar-refractivity contribution in [2.45, 2.75) is 19.4 Å². The maximum atomic E-state index is 13.9. The van der Waals surface area contributed by atoms with Gasteiger partial charge in [0.05, 0.1) is 11.2 Å². The fourth-order valence-electron chi connectivity index (χ4n) is 2.65. The van der Waals surface area contributed by atoms with E-state index < -0.39 is 5.82 Å². The van der Waals surface area contributed by atoms with Gasteiger partial charge in [-0.3, -0.25) is 4.79 Å². The number of nitrogens with zero attached hydrogens (tertiary/aromatic N) is 2. The van der Waals surface area contributed by atoms with Crippen LogP contribution in [0.4, 0.5) is 4.39 Å². The van der Waals surface area contributed by atoms with E-state index in [0.29, 0.717) is 33.7 Å². The van der Waals surface area contributed by atoms with Crippen molar-refractivity contribution in [1.29, 1.82) is 0 Å². The van der Waals surface area contributed by atoms with E-state index in [-0.39, 0.29) is 29.5 Å². The van der Waals surface area contributed by atoms with Crippen LogP contribution in [0.1, 0.15) is 17.9 Å². The van der Waals surface area contributed by atoms with Crippen LogP contribution in [0.15, 0.2) is 47.0 Å². The molecular weight excluding hydrogens is 426 g/mol. The summed E-state index contributed by atoms with van der Waals surface area (Å²) >= 11 is 18.1. The van der Waals surface area contributed by atoms with E-state index in [2.05, 4.69) is 4.98 Å². The summed E-state index contributed by atoms with van der Waals surface area (Å²) < 4.78 is 19.6. The van der Waals surface area contributed by atoms with Gasteiger partial charge in [0.1, 0.15) is 5.82 Å². The van der Waals surface area contributed by atoms with Crippen LogP contribution < -0.4 is 0 Å². The normalized spacial score (nSPS) is 10.9. The summed E-state index contributed by atoms with van der Waals surface area (Å²) in [6.45, 7) is 0.0849. The van der Waals surface area contributed by atoms with Crippen LogP contribution in [-0.2, 0) is 17.8 Å². The van der Waals surface area contributed by atoms with Crippen molar-refractivity contribution in [2.75, 3.05) is 7.05 Å². The molecule has 0 aliphatic heterocycles. The lowest BCUT2D eigenvalue weighted by Gasteiger charge is -2.18. The molecule has 0 aliphatic carbocycles. The van der Waals surface area contributed by atoms with Gasteiger partial charge in [-0.25, -0.2) is 9.37 Å². The van der Waals surface area contributed by atoms with Crippen LogP contribution in [0.5, 0.6) is 0 Å². The van der Waals surface area contributed by atoms with Gasteiger partial charge in [-0.2, -0.15) is 0 Å². The molecular formula is C20H16Cl3FN2O2. The molecule has 0 N–H and O–H groups in total. The van der Waals surface area contributed by atoms with Crippen molar-refractivity contribution in [2.24, 2.45) is 0 Å². The molecule has 0 bridgehead atoms. The summed E-state index contributed by atoms with van der Waals surface area (Å²) in [6, 6.07) is 9.50. The van der Waals surface area contributed by atoms with E-state index in [1.54, 1.807) is 37.5 Å². The zero-order valence-corrected chi connectivity index (χ0v) is 17.2. The van der Waals surface area contributed by atoms with Crippen LogP contribution >= 0.6 is 34.8 Å². The first-order valence-corrected chi connectivity index (χ1v) is 9.55. The minimum atomic E-state index is -0.440. The SMILES string of the molecule is CN(Cc1c(F)cccc1Cl)C(=O)CCc1ncc(-c2ccc(Cl)cc2Cl)o1. The second-order valence-corrected chi connectivity index (χ2v) is 7.44. The van der Waals surface area contributed by atoms with E-state index in [9.17, 15) is 9.18 Å². The van der Waals surface area contributed by atoms with Crippen LogP contribution in [0.25, 0.3) is 11.3 Å². The van der Waals surface area contributed by atoms with Crippen molar-refractivity contribution in [1.82, 2.24) is 9.88 Å². The highest BCUT2D eigenvalue weighted by Gasteiger charge is 2.16. The summed E-state index contributed by atoms with van der Waals surface area (Å²) in [7, 11) is 1.60. The van der Waals surface area contributed by atoms with Crippen molar-refractivity contribution < 1.29 is 13.6 Å². The average molecular weight is 442 g/mol. The Bertz CT molecular complexity index is 987. The van der Waals surface area contributed by atoms with E-state index in [4.69, 9.17) is 39.2 Å². The summed E-state index contributed by atoms with van der Waals surface area (Å²) in [5, 5.41) is 1.27. The summed E-state index contributed by atoms with van der Waals surface area (Å²) in [4.78, 5) is 18.0. The molecule has 4 nitrogen and oxygen atoms in total. The first-order chi connectivity index (χ1) is 13.3. The number of aryl methyl sites for hydroxylation is 1. The predicted molar refractivity (Wildman–Crippen MR) is 108 cm³/mol. The molecule has 3 aromatic rings. The number of hydrogen-bond donors (Lipinski definition) is 0. The first kappa shape index (κ1) is 20.6. The molecule has 2 aromatic carbocycles. The molecule has 1 amide bonds. The topological polar surface area (TPSA) is 46.3 Å². The molecule has 146 valence electrons. The molecule has 0 saturated heterocycles. The Balaban J connectivity index is 1.61. The lowest BCUT2D eigenvalue weighted by molar-refractivity contribution is -0.130.